The number of ether oxygens (including phenoxy) is 3. The number of allylic oxidation sites excluding steroid dienone is 2. The van der Waals surface area contributed by atoms with Crippen LogP contribution in [0.5, 0.6) is 11.5 Å². The van der Waals surface area contributed by atoms with E-state index in [4.69, 9.17) is 14.2 Å². The third kappa shape index (κ3) is 5.68. The molecule has 40 heavy (non-hydrogen) atoms. The summed E-state index contributed by atoms with van der Waals surface area (Å²) in [6.07, 6.45) is 4.22. The minimum Gasteiger partial charge on any atom is -0.493 e. The summed E-state index contributed by atoms with van der Waals surface area (Å²) in [7, 11) is 1.61. The second-order valence-electron chi connectivity index (χ2n) is 9.76. The average Bonchev–Trinajstić information content (AvgIpc) is 3.22. The molecule has 0 amide bonds. The van der Waals surface area contributed by atoms with E-state index in [9.17, 15) is 9.59 Å². The number of thiazole rings is 1. The molecule has 1 atom stereocenters. The molecule has 8 heteroatoms. The molecule has 4 rings (SSSR count). The van der Waals surface area contributed by atoms with Crippen molar-refractivity contribution in [2.45, 2.75) is 53.0 Å². The zero-order valence-corrected chi connectivity index (χ0v) is 24.8. The Balaban J connectivity index is 1.93. The highest BCUT2D eigenvalue weighted by atomic mass is 32.1. The summed E-state index contributed by atoms with van der Waals surface area (Å²) in [5, 5.41) is 0. The lowest BCUT2D eigenvalue weighted by Crippen LogP contribution is -2.39. The van der Waals surface area contributed by atoms with Gasteiger partial charge in [0.1, 0.15) is 0 Å². The van der Waals surface area contributed by atoms with Crippen LogP contribution in [0.4, 0.5) is 0 Å². The largest absolute Gasteiger partial charge is 0.493 e. The van der Waals surface area contributed by atoms with Crippen LogP contribution < -0.4 is 24.4 Å². The van der Waals surface area contributed by atoms with Gasteiger partial charge in [0.25, 0.3) is 5.56 Å². The van der Waals surface area contributed by atoms with Gasteiger partial charge in [-0.3, -0.25) is 9.36 Å². The molecule has 7 nitrogen and oxygen atoms in total. The number of carbonyl (C=O) groups excluding carboxylic acids is 1. The van der Waals surface area contributed by atoms with E-state index in [0.717, 1.165) is 16.7 Å². The maximum Gasteiger partial charge on any atom is 0.338 e. The fourth-order valence-corrected chi connectivity index (χ4v) is 5.94. The van der Waals surface area contributed by atoms with Crippen molar-refractivity contribution in [3.05, 3.63) is 102 Å². The SMILES string of the molecule is C=CCc1cc(C=c2sc3n(c2=O)[C@H](c2ccc(C(C)C)cc2)C(C(=O)OCC)=C(C)N=3)cc(OCC)c1OC. The fraction of sp³-hybridized carbons (Fsp3) is 0.344. The molecule has 1 aromatic heterocycles. The van der Waals surface area contributed by atoms with Crippen LogP contribution in [0.3, 0.4) is 0 Å². The van der Waals surface area contributed by atoms with Gasteiger partial charge >= 0.3 is 5.97 Å². The molecule has 0 unspecified atom stereocenters. The number of rotatable bonds is 10. The topological polar surface area (TPSA) is 79.1 Å². The number of benzene rings is 2. The molecule has 0 bridgehead atoms. The highest BCUT2D eigenvalue weighted by Gasteiger charge is 2.33. The van der Waals surface area contributed by atoms with Crippen molar-refractivity contribution in [1.29, 1.82) is 0 Å². The lowest BCUT2D eigenvalue weighted by molar-refractivity contribution is -0.139. The molecule has 2 heterocycles. The normalized spacial score (nSPS) is 15.1. The Labute approximate surface area is 238 Å². The van der Waals surface area contributed by atoms with Crippen LogP contribution in [0.15, 0.2) is 70.1 Å². The first-order chi connectivity index (χ1) is 19.2. The van der Waals surface area contributed by atoms with Crippen molar-refractivity contribution in [1.82, 2.24) is 4.57 Å². The second-order valence-corrected chi connectivity index (χ2v) is 10.8. The zero-order valence-electron chi connectivity index (χ0n) is 23.9. The molecule has 0 spiro atoms. The van der Waals surface area contributed by atoms with E-state index in [-0.39, 0.29) is 12.2 Å². The van der Waals surface area contributed by atoms with Crippen LogP contribution in [-0.4, -0.2) is 30.9 Å². The molecular formula is C32H36N2O5S. The van der Waals surface area contributed by atoms with E-state index >= 15 is 0 Å². The van der Waals surface area contributed by atoms with Gasteiger partial charge in [0.05, 0.1) is 42.2 Å². The molecule has 0 saturated heterocycles. The van der Waals surface area contributed by atoms with Crippen LogP contribution in [0.25, 0.3) is 6.08 Å². The van der Waals surface area contributed by atoms with E-state index in [1.807, 2.05) is 49.4 Å². The van der Waals surface area contributed by atoms with Crippen LogP contribution in [0.1, 0.15) is 68.8 Å². The molecule has 3 aromatic rings. The first-order valence-corrected chi connectivity index (χ1v) is 14.3. The molecular weight excluding hydrogens is 524 g/mol. The molecule has 0 N–H and O–H groups in total. The molecule has 2 aromatic carbocycles. The smallest absolute Gasteiger partial charge is 0.338 e. The maximum absolute atomic E-state index is 14.0. The van der Waals surface area contributed by atoms with Crippen molar-refractivity contribution >= 4 is 23.4 Å². The maximum atomic E-state index is 14.0. The van der Waals surface area contributed by atoms with Crippen LogP contribution in [0, 0.1) is 0 Å². The molecule has 210 valence electrons. The first-order valence-electron chi connectivity index (χ1n) is 13.5. The Morgan fingerprint density at radius 1 is 1.18 bits per heavy atom. The Morgan fingerprint density at radius 2 is 1.90 bits per heavy atom. The van der Waals surface area contributed by atoms with Crippen molar-refractivity contribution in [3.63, 3.8) is 0 Å². The molecule has 1 aliphatic heterocycles. The molecule has 0 saturated carbocycles. The van der Waals surface area contributed by atoms with Crippen molar-refractivity contribution in [3.8, 4) is 11.5 Å². The lowest BCUT2D eigenvalue weighted by Gasteiger charge is -2.25. The van der Waals surface area contributed by atoms with Gasteiger partial charge < -0.3 is 14.2 Å². The summed E-state index contributed by atoms with van der Waals surface area (Å²) in [5.41, 5.74) is 4.39. The van der Waals surface area contributed by atoms with E-state index in [1.165, 1.54) is 16.9 Å². The predicted molar refractivity (Wildman–Crippen MR) is 159 cm³/mol. The Kier molecular flexibility index (Phi) is 9.10. The monoisotopic (exact) mass is 560 g/mol. The van der Waals surface area contributed by atoms with Crippen LogP contribution in [-0.2, 0) is 16.0 Å². The van der Waals surface area contributed by atoms with Gasteiger partial charge in [-0.2, -0.15) is 0 Å². The number of hydrogen-bond donors (Lipinski definition) is 0. The Morgan fingerprint density at radius 3 is 2.50 bits per heavy atom. The summed E-state index contributed by atoms with van der Waals surface area (Å²) in [5.74, 6) is 1.14. The minimum atomic E-state index is -0.648. The highest BCUT2D eigenvalue weighted by Crippen LogP contribution is 2.34. The molecule has 0 radical (unpaired) electrons. The Bertz CT molecular complexity index is 1630. The number of hydrogen-bond acceptors (Lipinski definition) is 7. The van der Waals surface area contributed by atoms with Gasteiger partial charge in [-0.15, -0.1) is 6.58 Å². The van der Waals surface area contributed by atoms with Gasteiger partial charge in [-0.1, -0.05) is 55.5 Å². The van der Waals surface area contributed by atoms with E-state index in [1.54, 1.807) is 31.6 Å². The highest BCUT2D eigenvalue weighted by molar-refractivity contribution is 7.07. The summed E-state index contributed by atoms with van der Waals surface area (Å²) in [6.45, 7) is 14.3. The van der Waals surface area contributed by atoms with Crippen molar-refractivity contribution < 1.29 is 19.0 Å². The van der Waals surface area contributed by atoms with Gasteiger partial charge in [0.2, 0.25) is 0 Å². The molecule has 1 aliphatic rings. The van der Waals surface area contributed by atoms with Gasteiger partial charge in [0.15, 0.2) is 16.3 Å². The number of carbonyl (C=O) groups is 1. The minimum absolute atomic E-state index is 0.227. The van der Waals surface area contributed by atoms with E-state index in [0.29, 0.717) is 51.0 Å². The number of methoxy groups -OCH3 is 1. The molecule has 0 aliphatic carbocycles. The number of esters is 1. The lowest BCUT2D eigenvalue weighted by atomic mass is 9.93. The molecule has 0 fully saturated rings. The standard InChI is InChI=1S/C32H36N2O5S/c1-8-11-24-16-21(17-25(38-9-2)29(24)37-7)18-26-30(35)34-28(23-14-12-22(13-15-23)19(4)5)27(31(36)39-10-3)20(6)33-32(34)40-26/h8,12-19,28H,1,9-11H2,2-7H3/t28-/m1/s1. The van der Waals surface area contributed by atoms with Crippen LogP contribution in [0.2, 0.25) is 0 Å². The Hall–Kier alpha value is -3.91. The van der Waals surface area contributed by atoms with Crippen molar-refractivity contribution in [2.75, 3.05) is 20.3 Å². The number of aromatic nitrogens is 1. The predicted octanol–water partition coefficient (Wildman–Crippen LogP) is 5.06. The second kappa shape index (κ2) is 12.5. The zero-order chi connectivity index (χ0) is 29.0. The van der Waals surface area contributed by atoms with Gasteiger partial charge in [-0.25, -0.2) is 9.79 Å². The van der Waals surface area contributed by atoms with E-state index < -0.39 is 12.0 Å². The average molecular weight is 561 g/mol. The summed E-state index contributed by atoms with van der Waals surface area (Å²) in [4.78, 5) is 32.4. The quantitative estimate of drug-likeness (QED) is 0.256. The number of fused-ring (bicyclic) bond motifs is 1. The van der Waals surface area contributed by atoms with Crippen molar-refractivity contribution in [2.24, 2.45) is 4.99 Å². The number of nitrogens with zero attached hydrogens (tertiary/aromatic N) is 2. The fourth-order valence-electron chi connectivity index (χ4n) is 4.89. The van der Waals surface area contributed by atoms with E-state index in [2.05, 4.69) is 25.4 Å². The summed E-state index contributed by atoms with van der Waals surface area (Å²) >= 11 is 1.29. The summed E-state index contributed by atoms with van der Waals surface area (Å²) < 4.78 is 19.0. The van der Waals surface area contributed by atoms with Gasteiger partial charge in [-0.05, 0) is 68.0 Å². The van der Waals surface area contributed by atoms with Crippen LogP contribution >= 0.6 is 11.3 Å². The third-order valence-corrected chi connectivity index (χ3v) is 7.74. The van der Waals surface area contributed by atoms with Gasteiger partial charge in [0, 0.05) is 5.56 Å². The first kappa shape index (κ1) is 29.1. The third-order valence-electron chi connectivity index (χ3n) is 6.76. The summed E-state index contributed by atoms with van der Waals surface area (Å²) in [6, 6.07) is 11.2.